The van der Waals surface area contributed by atoms with Crippen LogP contribution in [0, 0.1) is 0 Å². The van der Waals surface area contributed by atoms with Crippen LogP contribution in [0.2, 0.25) is 0 Å². The normalized spacial score (nSPS) is 15.9. The van der Waals surface area contributed by atoms with Crippen molar-refractivity contribution in [3.05, 3.63) is 59.2 Å². The Balaban J connectivity index is 1.55. The van der Waals surface area contributed by atoms with E-state index in [-0.39, 0.29) is 5.41 Å². The van der Waals surface area contributed by atoms with Gasteiger partial charge < -0.3 is 19.3 Å². The van der Waals surface area contributed by atoms with Crippen LogP contribution in [0.4, 0.5) is 0 Å². The maximum absolute atomic E-state index is 6.07. The molecule has 0 bridgehead atoms. The van der Waals surface area contributed by atoms with Gasteiger partial charge >= 0.3 is 0 Å². The van der Waals surface area contributed by atoms with Crippen molar-refractivity contribution in [2.45, 2.75) is 45.6 Å². The fourth-order valence-corrected chi connectivity index (χ4v) is 3.89. The zero-order chi connectivity index (χ0) is 21.6. The first-order chi connectivity index (χ1) is 14.3. The van der Waals surface area contributed by atoms with Crippen molar-refractivity contribution < 1.29 is 9.47 Å². The molecule has 2 aromatic carbocycles. The van der Waals surface area contributed by atoms with Gasteiger partial charge in [-0.15, -0.1) is 0 Å². The van der Waals surface area contributed by atoms with E-state index in [0.29, 0.717) is 6.61 Å². The number of ether oxygens (including phenoxy) is 2. The summed E-state index contributed by atoms with van der Waals surface area (Å²) in [6.07, 6.45) is 2.27. The van der Waals surface area contributed by atoms with Crippen molar-refractivity contribution in [1.82, 2.24) is 9.80 Å². The van der Waals surface area contributed by atoms with Gasteiger partial charge in [0.2, 0.25) is 0 Å². The Labute approximate surface area is 182 Å². The molecule has 164 valence electrons. The van der Waals surface area contributed by atoms with Crippen molar-refractivity contribution >= 4 is 0 Å². The van der Waals surface area contributed by atoms with Gasteiger partial charge in [-0.25, -0.2) is 0 Å². The molecule has 0 N–H and O–H groups in total. The summed E-state index contributed by atoms with van der Waals surface area (Å²) in [5.74, 6) is 1.79. The lowest BCUT2D eigenvalue weighted by atomic mass is 9.87. The molecule has 3 rings (SSSR count). The number of nitrogens with zero attached hydrogens (tertiary/aromatic N) is 2. The van der Waals surface area contributed by atoms with E-state index in [1.807, 2.05) is 0 Å². The van der Waals surface area contributed by atoms with Gasteiger partial charge in [-0.2, -0.15) is 0 Å². The highest BCUT2D eigenvalue weighted by Gasteiger charge is 2.14. The minimum Gasteiger partial charge on any atom is -0.496 e. The molecule has 0 atom stereocenters. The van der Waals surface area contributed by atoms with Gasteiger partial charge in [0.1, 0.15) is 18.1 Å². The van der Waals surface area contributed by atoms with Crippen LogP contribution in [-0.4, -0.2) is 56.7 Å². The maximum atomic E-state index is 6.07. The van der Waals surface area contributed by atoms with Crippen molar-refractivity contribution in [1.29, 1.82) is 0 Å². The average molecular weight is 411 g/mol. The van der Waals surface area contributed by atoms with Gasteiger partial charge in [0.15, 0.2) is 0 Å². The van der Waals surface area contributed by atoms with Crippen molar-refractivity contribution in [2.24, 2.45) is 0 Å². The van der Waals surface area contributed by atoms with E-state index < -0.39 is 0 Å². The Kier molecular flexibility index (Phi) is 7.79. The molecule has 0 aliphatic carbocycles. The molecule has 30 heavy (non-hydrogen) atoms. The molecular formula is C26H38N2O2. The van der Waals surface area contributed by atoms with Crippen LogP contribution in [0.25, 0.3) is 0 Å². The highest BCUT2D eigenvalue weighted by molar-refractivity contribution is 5.38. The van der Waals surface area contributed by atoms with Crippen LogP contribution in [0.5, 0.6) is 11.5 Å². The first kappa shape index (κ1) is 22.6. The number of likely N-dealkylation sites (N-methyl/N-ethyl adjacent to an activating group) is 1. The molecule has 4 nitrogen and oxygen atoms in total. The standard InChI is InChI=1S/C26H38N2O2/c1-26(2,3)23-9-11-24(12-10-23)30-20-22-19-21(8-13-25(22)29-5)7-6-14-28-17-15-27(4)16-18-28/h8-13,19H,6-7,14-18,20H2,1-5H3. The number of aryl methyl sites for hydroxylation is 1. The molecule has 4 heteroatoms. The summed E-state index contributed by atoms with van der Waals surface area (Å²) in [5, 5.41) is 0. The molecule has 1 aliphatic rings. The number of rotatable bonds is 8. The third-order valence-corrected chi connectivity index (χ3v) is 6.00. The molecular weight excluding hydrogens is 372 g/mol. The zero-order valence-corrected chi connectivity index (χ0v) is 19.4. The van der Waals surface area contributed by atoms with E-state index in [9.17, 15) is 0 Å². The highest BCUT2D eigenvalue weighted by Crippen LogP contribution is 2.26. The molecule has 0 radical (unpaired) electrons. The molecule has 0 saturated carbocycles. The fraction of sp³-hybridized carbons (Fsp3) is 0.538. The smallest absolute Gasteiger partial charge is 0.125 e. The minimum absolute atomic E-state index is 0.153. The third kappa shape index (κ3) is 6.48. The second-order valence-electron chi connectivity index (χ2n) is 9.46. The van der Waals surface area contributed by atoms with E-state index in [4.69, 9.17) is 9.47 Å². The Morgan fingerprint density at radius 1 is 0.933 bits per heavy atom. The number of benzene rings is 2. The van der Waals surface area contributed by atoms with Crippen LogP contribution in [0.15, 0.2) is 42.5 Å². The second kappa shape index (κ2) is 10.3. The van der Waals surface area contributed by atoms with Crippen molar-refractivity contribution in [3.8, 4) is 11.5 Å². The summed E-state index contributed by atoms with van der Waals surface area (Å²) in [6.45, 7) is 13.1. The van der Waals surface area contributed by atoms with Crippen LogP contribution in [0.3, 0.4) is 0 Å². The summed E-state index contributed by atoms with van der Waals surface area (Å²) >= 11 is 0. The lowest BCUT2D eigenvalue weighted by molar-refractivity contribution is 0.153. The first-order valence-electron chi connectivity index (χ1n) is 11.2. The van der Waals surface area contributed by atoms with Crippen LogP contribution in [0.1, 0.15) is 43.9 Å². The number of piperazine rings is 1. The number of methoxy groups -OCH3 is 1. The van der Waals surface area contributed by atoms with Gasteiger partial charge in [0.25, 0.3) is 0 Å². The van der Waals surface area contributed by atoms with E-state index in [1.54, 1.807) is 7.11 Å². The van der Waals surface area contributed by atoms with E-state index in [0.717, 1.165) is 23.5 Å². The molecule has 0 aromatic heterocycles. The second-order valence-corrected chi connectivity index (χ2v) is 9.46. The van der Waals surface area contributed by atoms with Crippen molar-refractivity contribution in [3.63, 3.8) is 0 Å². The first-order valence-corrected chi connectivity index (χ1v) is 11.2. The Morgan fingerprint density at radius 3 is 2.27 bits per heavy atom. The van der Waals surface area contributed by atoms with Crippen LogP contribution >= 0.6 is 0 Å². The molecule has 1 aliphatic heterocycles. The highest BCUT2D eigenvalue weighted by atomic mass is 16.5. The average Bonchev–Trinajstić information content (AvgIpc) is 2.73. The van der Waals surface area contributed by atoms with Crippen molar-refractivity contribution in [2.75, 3.05) is 46.9 Å². The summed E-state index contributed by atoms with van der Waals surface area (Å²) in [7, 11) is 3.93. The van der Waals surface area contributed by atoms with Crippen LogP contribution < -0.4 is 9.47 Å². The molecule has 0 amide bonds. The lowest BCUT2D eigenvalue weighted by Gasteiger charge is -2.32. The molecule has 0 unspecified atom stereocenters. The monoisotopic (exact) mass is 410 g/mol. The Bertz CT molecular complexity index is 788. The number of hydrogen-bond donors (Lipinski definition) is 0. The summed E-state index contributed by atoms with van der Waals surface area (Å²) in [4.78, 5) is 4.98. The van der Waals surface area contributed by atoms with Gasteiger partial charge in [0.05, 0.1) is 7.11 Å². The topological polar surface area (TPSA) is 24.9 Å². The number of hydrogen-bond acceptors (Lipinski definition) is 4. The molecule has 0 spiro atoms. The molecule has 1 saturated heterocycles. The van der Waals surface area contributed by atoms with Gasteiger partial charge in [-0.05, 0) is 67.2 Å². The summed E-state index contributed by atoms with van der Waals surface area (Å²) < 4.78 is 11.6. The SMILES string of the molecule is COc1ccc(CCCN2CCN(C)CC2)cc1COc1ccc(C(C)(C)C)cc1. The molecule has 2 aromatic rings. The largest absolute Gasteiger partial charge is 0.496 e. The lowest BCUT2D eigenvalue weighted by Crippen LogP contribution is -2.44. The fourth-order valence-electron chi connectivity index (χ4n) is 3.89. The predicted octanol–water partition coefficient (Wildman–Crippen LogP) is 4.75. The van der Waals surface area contributed by atoms with Crippen LogP contribution in [-0.2, 0) is 18.4 Å². The minimum atomic E-state index is 0.153. The zero-order valence-electron chi connectivity index (χ0n) is 19.4. The molecule has 1 fully saturated rings. The predicted molar refractivity (Wildman–Crippen MR) is 125 cm³/mol. The third-order valence-electron chi connectivity index (χ3n) is 6.00. The van der Waals surface area contributed by atoms with E-state index in [2.05, 4.69) is 80.1 Å². The maximum Gasteiger partial charge on any atom is 0.125 e. The quantitative estimate of drug-likeness (QED) is 0.627. The van der Waals surface area contributed by atoms with Gasteiger partial charge in [-0.3, -0.25) is 0 Å². The van der Waals surface area contributed by atoms with Gasteiger partial charge in [-0.1, -0.05) is 39.0 Å². The van der Waals surface area contributed by atoms with E-state index >= 15 is 0 Å². The Morgan fingerprint density at radius 2 is 1.63 bits per heavy atom. The van der Waals surface area contributed by atoms with Gasteiger partial charge in [0, 0.05) is 31.7 Å². The summed E-state index contributed by atoms with van der Waals surface area (Å²) in [6, 6.07) is 14.9. The van der Waals surface area contributed by atoms with E-state index in [1.165, 1.54) is 50.3 Å². The Hall–Kier alpha value is -2.04. The summed E-state index contributed by atoms with van der Waals surface area (Å²) in [5.41, 5.74) is 3.93. The molecule has 1 heterocycles.